The zero-order chi connectivity index (χ0) is 18.2. The Morgan fingerprint density at radius 2 is 2.32 bits per heavy atom. The van der Waals surface area contributed by atoms with Gasteiger partial charge in [-0.2, -0.15) is 0 Å². The van der Waals surface area contributed by atoms with E-state index in [-0.39, 0.29) is 0 Å². The number of carbonyl (C=O) groups excluding carboxylic acids is 1. The molecule has 1 N–H and O–H groups in total. The van der Waals surface area contributed by atoms with Gasteiger partial charge in [0.2, 0.25) is 6.41 Å². The van der Waals surface area contributed by atoms with Gasteiger partial charge in [-0.1, -0.05) is 13.3 Å². The first-order valence-electron chi connectivity index (χ1n) is 8.85. The van der Waals surface area contributed by atoms with Gasteiger partial charge in [-0.05, 0) is 44.7 Å². The van der Waals surface area contributed by atoms with Gasteiger partial charge >= 0.3 is 5.97 Å². The highest BCUT2D eigenvalue weighted by atomic mass is 32.1. The van der Waals surface area contributed by atoms with Crippen LogP contribution in [0.4, 0.5) is 0 Å². The van der Waals surface area contributed by atoms with Crippen molar-refractivity contribution in [3.63, 3.8) is 0 Å². The van der Waals surface area contributed by atoms with Crippen molar-refractivity contribution in [2.75, 3.05) is 6.61 Å². The van der Waals surface area contributed by atoms with Crippen LogP contribution in [0.15, 0.2) is 12.1 Å². The molecule has 25 heavy (non-hydrogen) atoms. The lowest BCUT2D eigenvalue weighted by Crippen LogP contribution is -2.46. The van der Waals surface area contributed by atoms with Crippen molar-refractivity contribution in [2.45, 2.75) is 64.7 Å². The number of aliphatic carboxylic acids is 1. The number of ether oxygens (including phenoxy) is 1. The summed E-state index contributed by atoms with van der Waals surface area (Å²) in [5.74, 6) is -1.63. The van der Waals surface area contributed by atoms with Gasteiger partial charge in [0.05, 0.1) is 12.0 Å². The molecule has 0 bridgehead atoms. The minimum Gasteiger partial charge on any atom is -0.481 e. The molecule has 140 valence electrons. The standard InChI is InChI=1S/C18H27NO5S/c1-3-6-16(19(12-20)24-17-7-4-5-10-23-17)15(18(21)22)11-14-9-8-13(2)25-14/h8-9,12,15-17H,3-7,10-11H2,1-2H3,(H,21,22)/t15-,16+,17?/m1/s1. The molecule has 1 amide bonds. The van der Waals surface area contributed by atoms with Gasteiger partial charge in [0.25, 0.3) is 0 Å². The average molecular weight is 369 g/mol. The van der Waals surface area contributed by atoms with Gasteiger partial charge in [-0.3, -0.25) is 9.59 Å². The molecule has 0 aromatic carbocycles. The van der Waals surface area contributed by atoms with E-state index in [1.165, 1.54) is 5.06 Å². The molecule has 2 rings (SSSR count). The van der Waals surface area contributed by atoms with Crippen molar-refractivity contribution in [1.29, 1.82) is 0 Å². The third kappa shape index (κ3) is 5.80. The molecule has 6 nitrogen and oxygen atoms in total. The largest absolute Gasteiger partial charge is 0.481 e. The molecule has 1 aliphatic heterocycles. The average Bonchev–Trinajstić information content (AvgIpc) is 3.02. The second-order valence-corrected chi connectivity index (χ2v) is 7.76. The Labute approximate surface area is 152 Å². The number of thiophene rings is 1. The maximum Gasteiger partial charge on any atom is 0.309 e. The van der Waals surface area contributed by atoms with Crippen LogP contribution in [0, 0.1) is 12.8 Å². The molecular weight excluding hydrogens is 342 g/mol. The second-order valence-electron chi connectivity index (χ2n) is 6.38. The summed E-state index contributed by atoms with van der Waals surface area (Å²) in [6.45, 7) is 4.57. The van der Waals surface area contributed by atoms with E-state index in [0.29, 0.717) is 32.3 Å². The molecule has 0 radical (unpaired) electrons. The van der Waals surface area contributed by atoms with Crippen LogP contribution in [0.2, 0.25) is 0 Å². The molecule has 0 spiro atoms. The zero-order valence-electron chi connectivity index (χ0n) is 14.8. The number of nitrogens with zero attached hydrogens (tertiary/aromatic N) is 1. The molecule has 2 heterocycles. The third-order valence-electron chi connectivity index (χ3n) is 4.39. The predicted molar refractivity (Wildman–Crippen MR) is 95.2 cm³/mol. The molecule has 1 fully saturated rings. The number of hydrogen-bond donors (Lipinski definition) is 1. The fraction of sp³-hybridized carbons (Fsp3) is 0.667. The predicted octanol–water partition coefficient (Wildman–Crippen LogP) is 3.39. The van der Waals surface area contributed by atoms with Crippen molar-refractivity contribution < 1.29 is 24.3 Å². The van der Waals surface area contributed by atoms with Crippen molar-refractivity contribution in [2.24, 2.45) is 5.92 Å². The monoisotopic (exact) mass is 369 g/mol. The number of rotatable bonds is 10. The Morgan fingerprint density at radius 3 is 2.84 bits per heavy atom. The highest BCUT2D eigenvalue weighted by Crippen LogP contribution is 2.26. The number of aryl methyl sites for hydroxylation is 1. The summed E-state index contributed by atoms with van der Waals surface area (Å²) in [6, 6.07) is 3.42. The summed E-state index contributed by atoms with van der Waals surface area (Å²) in [5.41, 5.74) is 0. The van der Waals surface area contributed by atoms with Crippen LogP contribution >= 0.6 is 11.3 Å². The number of hydrogen-bond acceptors (Lipinski definition) is 5. The van der Waals surface area contributed by atoms with Crippen LogP contribution in [-0.2, 0) is 25.6 Å². The van der Waals surface area contributed by atoms with E-state index in [1.807, 2.05) is 26.0 Å². The first kappa shape index (κ1) is 19.9. The van der Waals surface area contributed by atoms with Crippen molar-refractivity contribution in [1.82, 2.24) is 5.06 Å². The summed E-state index contributed by atoms with van der Waals surface area (Å²) >= 11 is 1.59. The van der Waals surface area contributed by atoms with E-state index >= 15 is 0 Å². The minimum atomic E-state index is -0.912. The molecule has 1 aromatic heterocycles. The summed E-state index contributed by atoms with van der Waals surface area (Å²) in [4.78, 5) is 31.4. The van der Waals surface area contributed by atoms with Crippen LogP contribution in [0.25, 0.3) is 0 Å². The lowest BCUT2D eigenvalue weighted by Gasteiger charge is -2.34. The Kier molecular flexibility index (Phi) is 7.87. The van der Waals surface area contributed by atoms with Crippen LogP contribution in [0.3, 0.4) is 0 Å². The fourth-order valence-electron chi connectivity index (χ4n) is 3.11. The molecule has 7 heteroatoms. The van der Waals surface area contributed by atoms with Crippen molar-refractivity contribution in [3.05, 3.63) is 21.9 Å². The number of carboxylic acids is 1. The highest BCUT2D eigenvalue weighted by Gasteiger charge is 2.34. The molecule has 1 unspecified atom stereocenters. The van der Waals surface area contributed by atoms with Crippen LogP contribution in [-0.4, -0.2) is 41.5 Å². The first-order chi connectivity index (χ1) is 12.0. The quantitative estimate of drug-likeness (QED) is 0.505. The Balaban J connectivity index is 2.14. The Bertz CT molecular complexity index is 555. The number of carboxylic acid groups (broad SMARTS) is 1. The first-order valence-corrected chi connectivity index (χ1v) is 9.67. The fourth-order valence-corrected chi connectivity index (χ4v) is 4.06. The molecular formula is C18H27NO5S. The summed E-state index contributed by atoms with van der Waals surface area (Å²) in [7, 11) is 0. The summed E-state index contributed by atoms with van der Waals surface area (Å²) in [6.07, 6.45) is 4.50. The number of carbonyl (C=O) groups is 2. The lowest BCUT2D eigenvalue weighted by atomic mass is 9.92. The Morgan fingerprint density at radius 1 is 1.52 bits per heavy atom. The zero-order valence-corrected chi connectivity index (χ0v) is 15.7. The van der Waals surface area contributed by atoms with Gasteiger partial charge in [0.1, 0.15) is 0 Å². The van der Waals surface area contributed by atoms with Crippen LogP contribution in [0.5, 0.6) is 0 Å². The lowest BCUT2D eigenvalue weighted by molar-refractivity contribution is -0.290. The van der Waals surface area contributed by atoms with Crippen molar-refractivity contribution >= 4 is 23.7 Å². The van der Waals surface area contributed by atoms with Gasteiger partial charge in [-0.15, -0.1) is 11.3 Å². The number of hydroxylamine groups is 2. The highest BCUT2D eigenvalue weighted by molar-refractivity contribution is 7.11. The molecule has 3 atom stereocenters. The molecule has 1 saturated heterocycles. The van der Waals surface area contributed by atoms with E-state index in [1.54, 1.807) is 11.3 Å². The maximum absolute atomic E-state index is 11.9. The van der Waals surface area contributed by atoms with Gasteiger partial charge < -0.3 is 9.84 Å². The van der Waals surface area contributed by atoms with E-state index in [9.17, 15) is 14.7 Å². The van der Waals surface area contributed by atoms with E-state index in [4.69, 9.17) is 9.57 Å². The van der Waals surface area contributed by atoms with E-state index in [0.717, 1.165) is 29.0 Å². The minimum absolute atomic E-state index is 0.387. The van der Waals surface area contributed by atoms with E-state index in [2.05, 4.69) is 0 Å². The van der Waals surface area contributed by atoms with Gasteiger partial charge in [0, 0.05) is 22.8 Å². The second kappa shape index (κ2) is 9.89. The van der Waals surface area contributed by atoms with Crippen LogP contribution in [0.1, 0.15) is 48.8 Å². The normalized spacial score (nSPS) is 20.0. The topological polar surface area (TPSA) is 76.1 Å². The third-order valence-corrected chi connectivity index (χ3v) is 5.41. The van der Waals surface area contributed by atoms with Gasteiger partial charge in [0.15, 0.2) is 6.29 Å². The molecule has 0 saturated carbocycles. The maximum atomic E-state index is 11.9. The molecule has 1 aromatic rings. The van der Waals surface area contributed by atoms with E-state index < -0.39 is 24.2 Å². The van der Waals surface area contributed by atoms with Crippen molar-refractivity contribution in [3.8, 4) is 0 Å². The number of amides is 1. The SMILES string of the molecule is CCC[C@@H]([C@@H](Cc1ccc(C)s1)C(=O)O)N(C=O)OC1CCCCO1. The summed E-state index contributed by atoms with van der Waals surface area (Å²) in [5, 5.41) is 10.9. The Hall–Kier alpha value is -1.44. The summed E-state index contributed by atoms with van der Waals surface area (Å²) < 4.78 is 5.53. The smallest absolute Gasteiger partial charge is 0.309 e. The molecule has 1 aliphatic rings. The van der Waals surface area contributed by atoms with Crippen LogP contribution < -0.4 is 0 Å². The van der Waals surface area contributed by atoms with Gasteiger partial charge in [-0.25, -0.2) is 9.90 Å². The molecule has 0 aliphatic carbocycles.